The minimum Gasteiger partial charge on any atom is -0.318 e. The Kier molecular flexibility index (Phi) is 2.74. The Hall–Kier alpha value is -1.42. The predicted molar refractivity (Wildman–Crippen MR) is 59.0 cm³/mol. The summed E-state index contributed by atoms with van der Waals surface area (Å²) in [5.74, 6) is 0. The van der Waals surface area contributed by atoms with Crippen LogP contribution in [0.25, 0.3) is 0 Å². The third kappa shape index (κ3) is 1.75. The highest BCUT2D eigenvalue weighted by atomic mass is 32.1. The molecule has 0 fully saturated rings. The van der Waals surface area contributed by atoms with Crippen molar-refractivity contribution in [3.05, 3.63) is 36.1 Å². The fraction of sp³-hybridized carbons (Fsp3) is 0.200. The molecule has 72 valence electrons. The van der Waals surface area contributed by atoms with E-state index in [1.54, 1.807) is 23.7 Å². The highest BCUT2D eigenvalue weighted by molar-refractivity contribution is 7.13. The smallest absolute Gasteiger partial charge is 0.189 e. The molecule has 0 aliphatic heterocycles. The molecule has 2 heterocycles. The van der Waals surface area contributed by atoms with Gasteiger partial charge in [0.25, 0.3) is 0 Å². The van der Waals surface area contributed by atoms with Gasteiger partial charge in [-0.3, -0.25) is 4.98 Å². The van der Waals surface area contributed by atoms with Crippen LogP contribution in [-0.4, -0.2) is 16.5 Å². The van der Waals surface area contributed by atoms with Crippen molar-refractivity contribution in [2.24, 2.45) is 0 Å². The van der Waals surface area contributed by atoms with Gasteiger partial charge in [0.05, 0.1) is 0 Å². The Morgan fingerprint density at radius 3 is 2.64 bits per heavy atom. The molecule has 0 unspecified atom stereocenters. The summed E-state index contributed by atoms with van der Waals surface area (Å²) < 4.78 is 0. The van der Waals surface area contributed by atoms with Crippen LogP contribution in [0.5, 0.6) is 0 Å². The number of aromatic nitrogens is 2. The van der Waals surface area contributed by atoms with Crippen molar-refractivity contribution in [1.82, 2.24) is 9.97 Å². The SMILES string of the molecule is CCN(c1ccncc1)c1nccs1. The van der Waals surface area contributed by atoms with Crippen molar-refractivity contribution < 1.29 is 0 Å². The average Bonchev–Trinajstić information content (AvgIpc) is 2.74. The molecule has 0 saturated carbocycles. The quantitative estimate of drug-likeness (QED) is 0.771. The van der Waals surface area contributed by atoms with Gasteiger partial charge in [-0.25, -0.2) is 4.98 Å². The van der Waals surface area contributed by atoms with Gasteiger partial charge >= 0.3 is 0 Å². The van der Waals surface area contributed by atoms with Gasteiger partial charge in [-0.1, -0.05) is 0 Å². The molecule has 0 aromatic carbocycles. The highest BCUT2D eigenvalue weighted by Crippen LogP contribution is 2.25. The Labute approximate surface area is 87.1 Å². The Bertz CT molecular complexity index is 372. The molecular weight excluding hydrogens is 194 g/mol. The molecular formula is C10H11N3S. The van der Waals surface area contributed by atoms with Crippen molar-refractivity contribution in [2.45, 2.75) is 6.92 Å². The van der Waals surface area contributed by atoms with Gasteiger partial charge in [0, 0.05) is 36.2 Å². The molecule has 0 aliphatic carbocycles. The van der Waals surface area contributed by atoms with Crippen LogP contribution in [-0.2, 0) is 0 Å². The second kappa shape index (κ2) is 4.19. The number of rotatable bonds is 3. The monoisotopic (exact) mass is 205 g/mol. The molecule has 4 heteroatoms. The molecule has 3 nitrogen and oxygen atoms in total. The standard InChI is InChI=1S/C10H11N3S/c1-2-13(10-12-7-8-14-10)9-3-5-11-6-4-9/h3-8H,2H2,1H3. The van der Waals surface area contributed by atoms with E-state index in [1.165, 1.54) is 0 Å². The van der Waals surface area contributed by atoms with E-state index >= 15 is 0 Å². The van der Waals surface area contributed by atoms with E-state index in [4.69, 9.17) is 0 Å². The minimum absolute atomic E-state index is 0.914. The molecule has 0 aliphatic rings. The molecule has 2 aromatic heterocycles. The lowest BCUT2D eigenvalue weighted by Crippen LogP contribution is -2.15. The van der Waals surface area contributed by atoms with Gasteiger partial charge in [-0.2, -0.15) is 0 Å². The second-order valence-electron chi connectivity index (χ2n) is 2.76. The van der Waals surface area contributed by atoms with E-state index in [1.807, 2.05) is 23.7 Å². The Morgan fingerprint density at radius 1 is 1.29 bits per heavy atom. The summed E-state index contributed by atoms with van der Waals surface area (Å²) in [7, 11) is 0. The first-order chi connectivity index (χ1) is 6.92. The second-order valence-corrected chi connectivity index (χ2v) is 3.64. The number of thiazole rings is 1. The molecule has 0 spiro atoms. The van der Waals surface area contributed by atoms with Gasteiger partial charge < -0.3 is 4.90 Å². The summed E-state index contributed by atoms with van der Waals surface area (Å²) in [6.45, 7) is 3.03. The lowest BCUT2D eigenvalue weighted by molar-refractivity contribution is 1.01. The van der Waals surface area contributed by atoms with Gasteiger partial charge in [0.1, 0.15) is 0 Å². The summed E-state index contributed by atoms with van der Waals surface area (Å²) in [5, 5.41) is 3.01. The Morgan fingerprint density at radius 2 is 2.07 bits per heavy atom. The van der Waals surface area contributed by atoms with Crippen LogP contribution in [0.15, 0.2) is 36.1 Å². The summed E-state index contributed by atoms with van der Waals surface area (Å²) in [5.41, 5.74) is 1.14. The van der Waals surface area contributed by atoms with Gasteiger partial charge in [0.2, 0.25) is 0 Å². The Balaban J connectivity index is 2.31. The van der Waals surface area contributed by atoms with Gasteiger partial charge in [-0.15, -0.1) is 11.3 Å². The van der Waals surface area contributed by atoms with Crippen LogP contribution in [0.1, 0.15) is 6.92 Å². The van der Waals surface area contributed by atoms with Crippen LogP contribution in [0, 0.1) is 0 Å². The molecule has 0 saturated heterocycles. The van der Waals surface area contributed by atoms with Crippen molar-refractivity contribution >= 4 is 22.2 Å². The minimum atomic E-state index is 0.914. The lowest BCUT2D eigenvalue weighted by atomic mass is 10.4. The van der Waals surface area contributed by atoms with Gasteiger partial charge in [-0.05, 0) is 19.1 Å². The van der Waals surface area contributed by atoms with E-state index in [0.717, 1.165) is 17.4 Å². The third-order valence-corrected chi connectivity index (χ3v) is 2.74. The first-order valence-corrected chi connectivity index (χ1v) is 5.37. The molecule has 0 atom stereocenters. The molecule has 2 aromatic rings. The largest absolute Gasteiger partial charge is 0.318 e. The molecule has 14 heavy (non-hydrogen) atoms. The molecule has 0 N–H and O–H groups in total. The third-order valence-electron chi connectivity index (χ3n) is 1.94. The fourth-order valence-electron chi connectivity index (χ4n) is 1.30. The maximum Gasteiger partial charge on any atom is 0.189 e. The number of hydrogen-bond acceptors (Lipinski definition) is 4. The molecule has 0 bridgehead atoms. The van der Waals surface area contributed by atoms with Gasteiger partial charge in [0.15, 0.2) is 5.13 Å². The van der Waals surface area contributed by atoms with Crippen LogP contribution in [0.3, 0.4) is 0 Å². The van der Waals surface area contributed by atoms with E-state index < -0.39 is 0 Å². The summed E-state index contributed by atoms with van der Waals surface area (Å²) >= 11 is 1.64. The van der Waals surface area contributed by atoms with Crippen LogP contribution in [0.2, 0.25) is 0 Å². The maximum atomic E-state index is 4.29. The number of nitrogens with zero attached hydrogens (tertiary/aromatic N) is 3. The molecule has 2 rings (SSSR count). The first-order valence-electron chi connectivity index (χ1n) is 4.49. The average molecular weight is 205 g/mol. The zero-order valence-corrected chi connectivity index (χ0v) is 8.74. The van der Waals surface area contributed by atoms with Crippen LogP contribution < -0.4 is 4.90 Å². The number of anilines is 2. The zero-order valence-electron chi connectivity index (χ0n) is 7.92. The van der Waals surface area contributed by atoms with Crippen LogP contribution in [0.4, 0.5) is 10.8 Å². The predicted octanol–water partition coefficient (Wildman–Crippen LogP) is 2.70. The summed E-state index contributed by atoms with van der Waals surface area (Å²) in [4.78, 5) is 10.4. The van der Waals surface area contributed by atoms with E-state index in [9.17, 15) is 0 Å². The van der Waals surface area contributed by atoms with Crippen molar-refractivity contribution in [1.29, 1.82) is 0 Å². The normalized spacial score (nSPS) is 10.1. The molecule has 0 amide bonds. The molecule has 0 radical (unpaired) electrons. The van der Waals surface area contributed by atoms with Crippen molar-refractivity contribution in [3.8, 4) is 0 Å². The number of pyridine rings is 1. The van der Waals surface area contributed by atoms with E-state index in [-0.39, 0.29) is 0 Å². The number of hydrogen-bond donors (Lipinski definition) is 0. The maximum absolute atomic E-state index is 4.29. The van der Waals surface area contributed by atoms with Crippen LogP contribution >= 0.6 is 11.3 Å². The van der Waals surface area contributed by atoms with E-state index in [2.05, 4.69) is 21.8 Å². The zero-order chi connectivity index (χ0) is 9.80. The topological polar surface area (TPSA) is 29.0 Å². The summed E-state index contributed by atoms with van der Waals surface area (Å²) in [6.07, 6.45) is 5.42. The van der Waals surface area contributed by atoms with E-state index in [0.29, 0.717) is 0 Å². The lowest BCUT2D eigenvalue weighted by Gasteiger charge is -2.19. The first kappa shape index (κ1) is 9.15. The fourth-order valence-corrected chi connectivity index (χ4v) is 2.03. The summed E-state index contributed by atoms with van der Waals surface area (Å²) in [6, 6.07) is 3.98. The van der Waals surface area contributed by atoms with Crippen molar-refractivity contribution in [2.75, 3.05) is 11.4 Å². The van der Waals surface area contributed by atoms with Crippen molar-refractivity contribution in [3.63, 3.8) is 0 Å². The highest BCUT2D eigenvalue weighted by Gasteiger charge is 2.07.